The van der Waals surface area contributed by atoms with Crippen molar-refractivity contribution in [2.24, 2.45) is 10.5 Å². The van der Waals surface area contributed by atoms with Gasteiger partial charge in [0.25, 0.3) is 0 Å². The van der Waals surface area contributed by atoms with E-state index in [1.807, 2.05) is 93.0 Å². The van der Waals surface area contributed by atoms with Gasteiger partial charge in [-0.05, 0) is 141 Å². The normalized spacial score (nSPS) is 19.1. The van der Waals surface area contributed by atoms with E-state index in [0.29, 0.717) is 26.8 Å². The summed E-state index contributed by atoms with van der Waals surface area (Å²) in [5, 5.41) is 12.4. The van der Waals surface area contributed by atoms with Gasteiger partial charge in [-0.1, -0.05) is 40.5 Å². The molecule has 3 saturated heterocycles. The molecule has 4 fully saturated rings. The Morgan fingerprint density at radius 3 is 1.25 bits per heavy atom. The fourth-order valence-electron chi connectivity index (χ4n) is 5.25. The van der Waals surface area contributed by atoms with E-state index in [1.165, 1.54) is 62.5 Å². The molecule has 0 aromatic rings. The number of carbonyl (C=O) groups is 1. The van der Waals surface area contributed by atoms with Crippen molar-refractivity contribution in [2.45, 2.75) is 190 Å². The van der Waals surface area contributed by atoms with Crippen LogP contribution in [0, 0.1) is 5.41 Å². The third kappa shape index (κ3) is 52.4. The Labute approximate surface area is 372 Å². The number of rotatable bonds is 9. The van der Waals surface area contributed by atoms with Crippen LogP contribution in [0.5, 0.6) is 0 Å². The largest absolute Gasteiger partial charge is 0.351 e. The molecule has 1 saturated carbocycles. The number of Topliss-reactive ketones (excluding diaryl/α,β-unsaturated/α-hetero) is 1. The first-order chi connectivity index (χ1) is 25.9. The van der Waals surface area contributed by atoms with Crippen LogP contribution in [0.2, 0.25) is 0 Å². The Morgan fingerprint density at radius 1 is 0.737 bits per heavy atom. The summed E-state index contributed by atoms with van der Waals surface area (Å²) in [6.45, 7) is 46.3. The van der Waals surface area contributed by atoms with Crippen LogP contribution in [0.25, 0.3) is 0 Å². The lowest BCUT2D eigenvalue weighted by Gasteiger charge is -2.23. The third-order valence-corrected chi connectivity index (χ3v) is 13.4. The number of thioether (sulfide) groups is 4. The SMILES string of the molecule is CC(C)=NN(C)C.CC(C)=O.CC1(C)CCCC1.CC1(C)NCCN1.CC1(C)OCCO1.CC1(C)SCCS1.CCOC(C)(C)OCC.CCSC(C)(C)SCC. The summed E-state index contributed by atoms with van der Waals surface area (Å²) >= 11 is 8.17. The molecule has 4 aliphatic rings. The van der Waals surface area contributed by atoms with E-state index >= 15 is 0 Å². The lowest BCUT2D eigenvalue weighted by molar-refractivity contribution is -0.207. The molecule has 13 heteroatoms. The molecule has 0 radical (unpaired) electrons. The van der Waals surface area contributed by atoms with Crippen LogP contribution in [-0.2, 0) is 23.7 Å². The van der Waals surface area contributed by atoms with Gasteiger partial charge in [0.15, 0.2) is 11.6 Å². The number of hydrogen-bond acceptors (Lipinski definition) is 13. The highest BCUT2D eigenvalue weighted by Crippen LogP contribution is 2.42. The van der Waals surface area contributed by atoms with E-state index < -0.39 is 5.79 Å². The molecule has 1 aliphatic carbocycles. The van der Waals surface area contributed by atoms with Crippen molar-refractivity contribution in [3.8, 4) is 0 Å². The van der Waals surface area contributed by atoms with Crippen molar-refractivity contribution in [2.75, 3.05) is 76.6 Å². The van der Waals surface area contributed by atoms with Crippen LogP contribution < -0.4 is 10.6 Å². The zero-order chi connectivity index (χ0) is 45.4. The number of ketones is 1. The highest BCUT2D eigenvalue weighted by molar-refractivity contribution is 8.21. The molecule has 57 heavy (non-hydrogen) atoms. The van der Waals surface area contributed by atoms with Crippen LogP contribution in [0.4, 0.5) is 0 Å². The second-order valence-electron chi connectivity index (χ2n) is 17.4. The second-order valence-corrected chi connectivity index (χ2v) is 25.1. The first-order valence-corrected chi connectivity index (χ1v) is 25.1. The molecule has 3 heterocycles. The molecule has 0 aromatic heterocycles. The van der Waals surface area contributed by atoms with Crippen molar-refractivity contribution in [3.05, 3.63) is 0 Å². The maximum Gasteiger partial charge on any atom is 0.162 e. The Balaban J connectivity index is -0.000000284. The van der Waals surface area contributed by atoms with Gasteiger partial charge < -0.3 is 28.8 Å². The Bertz CT molecular complexity index is 838. The third-order valence-electron chi connectivity index (χ3n) is 7.55. The van der Waals surface area contributed by atoms with Crippen LogP contribution in [0.15, 0.2) is 5.10 Å². The summed E-state index contributed by atoms with van der Waals surface area (Å²) in [7, 11) is 3.82. The van der Waals surface area contributed by atoms with Gasteiger partial charge >= 0.3 is 0 Å². The molecule has 0 spiro atoms. The Hall–Kier alpha value is 0.300. The second kappa shape index (κ2) is 34.8. The standard InChI is InChI=1S/C7H16O2.C7H16S2.C7H14.2C5H12N2.C5H10O2.C5H10S2.C3H6O/c2*1-5-8-7(3,4)9-6-2;1-7(2)5-3-4-6-7;1-5(2)6-3-4-7-5;1-5(2)6-7(3)4;2*1-5(2)6-3-4-7-5;1-3(2)4/h2*5-6H2,1-4H3;3-6H2,1-2H3;6-7H,3-4H2,1-2H3;1-4H3;2*3-4H2,1-2H3;1-2H3. The molecule has 0 unspecified atom stereocenters. The number of hydrazone groups is 1. The Kier molecular flexibility index (Phi) is 39.1. The van der Waals surface area contributed by atoms with E-state index in [1.54, 1.807) is 5.01 Å². The monoisotopic (exact) mass is 889 g/mol. The summed E-state index contributed by atoms with van der Waals surface area (Å²) in [6, 6.07) is 0. The average molecular weight is 890 g/mol. The smallest absolute Gasteiger partial charge is 0.162 e. The maximum absolute atomic E-state index is 9.44. The van der Waals surface area contributed by atoms with Crippen molar-refractivity contribution >= 4 is 58.5 Å². The fourth-order valence-corrected chi connectivity index (χ4v) is 10.2. The van der Waals surface area contributed by atoms with E-state index in [0.717, 1.165) is 32.0 Å². The van der Waals surface area contributed by atoms with Gasteiger partial charge in [-0.25, -0.2) is 0 Å². The molecule has 0 aromatic carbocycles. The fraction of sp³-hybridized carbons (Fsp3) is 0.955. The highest BCUT2D eigenvalue weighted by atomic mass is 32.2. The molecule has 9 nitrogen and oxygen atoms in total. The minimum Gasteiger partial charge on any atom is -0.351 e. The number of ether oxygens (including phenoxy) is 4. The van der Waals surface area contributed by atoms with Gasteiger partial charge in [0.2, 0.25) is 0 Å². The zero-order valence-electron chi connectivity index (χ0n) is 41.5. The summed E-state index contributed by atoms with van der Waals surface area (Å²) in [5.41, 5.74) is 1.98. The van der Waals surface area contributed by atoms with Gasteiger partial charge in [0.05, 0.1) is 27.0 Å². The van der Waals surface area contributed by atoms with E-state index in [9.17, 15) is 4.79 Å². The first-order valence-electron chi connectivity index (χ1n) is 21.2. The van der Waals surface area contributed by atoms with Crippen molar-refractivity contribution in [3.63, 3.8) is 0 Å². The average Bonchev–Trinajstić information content (AvgIpc) is 3.83. The van der Waals surface area contributed by atoms with Crippen molar-refractivity contribution in [1.82, 2.24) is 15.6 Å². The van der Waals surface area contributed by atoms with Crippen molar-refractivity contribution in [1.29, 1.82) is 0 Å². The lowest BCUT2D eigenvalue weighted by Crippen LogP contribution is -2.42. The number of hydrogen-bond donors (Lipinski definition) is 2. The molecular weight excluding hydrogens is 793 g/mol. The predicted molar refractivity (Wildman–Crippen MR) is 264 cm³/mol. The molecular formula is C44H96N4O5S4. The van der Waals surface area contributed by atoms with E-state index in [2.05, 4.69) is 108 Å². The van der Waals surface area contributed by atoms with E-state index in [4.69, 9.17) is 18.9 Å². The van der Waals surface area contributed by atoms with Crippen molar-refractivity contribution < 1.29 is 23.7 Å². The van der Waals surface area contributed by atoms with Crippen LogP contribution in [-0.4, -0.2) is 119 Å². The lowest BCUT2D eigenvalue weighted by atomic mass is 9.92. The zero-order valence-corrected chi connectivity index (χ0v) is 44.7. The van der Waals surface area contributed by atoms with Crippen LogP contribution >= 0.6 is 47.0 Å². The summed E-state index contributed by atoms with van der Waals surface area (Å²) in [5.74, 6) is 4.60. The maximum atomic E-state index is 9.44. The highest BCUT2D eigenvalue weighted by Gasteiger charge is 2.25. The topological polar surface area (TPSA) is 93.7 Å². The summed E-state index contributed by atoms with van der Waals surface area (Å²) in [6.07, 6.45) is 5.83. The van der Waals surface area contributed by atoms with Gasteiger partial charge in [-0.2, -0.15) is 5.10 Å². The van der Waals surface area contributed by atoms with Gasteiger partial charge in [-0.15, -0.1) is 47.0 Å². The molecule has 0 bridgehead atoms. The number of nitrogens with one attached hydrogen (secondary N) is 2. The van der Waals surface area contributed by atoms with E-state index in [-0.39, 0.29) is 17.2 Å². The molecule has 346 valence electrons. The van der Waals surface area contributed by atoms with Gasteiger partial charge in [0, 0.05) is 57.6 Å². The summed E-state index contributed by atoms with van der Waals surface area (Å²) < 4.78 is 21.7. The minimum atomic E-state index is -0.399. The summed E-state index contributed by atoms with van der Waals surface area (Å²) in [4.78, 5) is 9.44. The molecule has 4 rings (SSSR count). The number of nitrogens with zero attached hydrogens (tertiary/aromatic N) is 2. The minimum absolute atomic E-state index is 0.167. The molecule has 0 amide bonds. The van der Waals surface area contributed by atoms with Crippen LogP contribution in [0.3, 0.4) is 0 Å². The Morgan fingerprint density at radius 2 is 1.11 bits per heavy atom. The van der Waals surface area contributed by atoms with Gasteiger partial charge in [-0.3, -0.25) is 10.6 Å². The van der Waals surface area contributed by atoms with Crippen LogP contribution in [0.1, 0.15) is 164 Å². The quantitative estimate of drug-likeness (QED) is 0.131. The molecule has 0 atom stereocenters. The molecule has 3 aliphatic heterocycles. The first kappa shape index (κ1) is 63.9. The predicted octanol–water partition coefficient (Wildman–Crippen LogP) is 12.0. The molecule has 2 N–H and O–H groups in total. The number of carbonyl (C=O) groups excluding carboxylic acids is 1. The van der Waals surface area contributed by atoms with Gasteiger partial charge in [0.1, 0.15) is 5.78 Å².